The van der Waals surface area contributed by atoms with Crippen molar-refractivity contribution in [1.82, 2.24) is 4.98 Å². The van der Waals surface area contributed by atoms with Gasteiger partial charge in [0, 0.05) is 43.1 Å². The second kappa shape index (κ2) is 9.86. The SMILES string of the molecule is COc1cc2cc(C(=O)Nc3cccc(S(N)(=O)=O)c3)c(N3CCCC(F)(F)CC3)nc2cc1OC. The third-order valence-electron chi connectivity index (χ3n) is 5.98. The molecule has 0 spiro atoms. The second-order valence-electron chi connectivity index (χ2n) is 8.48. The highest BCUT2D eigenvalue weighted by Crippen LogP contribution is 2.36. The van der Waals surface area contributed by atoms with E-state index in [2.05, 4.69) is 10.3 Å². The molecule has 36 heavy (non-hydrogen) atoms. The number of benzene rings is 2. The quantitative estimate of drug-likeness (QED) is 0.507. The van der Waals surface area contributed by atoms with Crippen molar-refractivity contribution in [2.24, 2.45) is 5.14 Å². The highest BCUT2D eigenvalue weighted by molar-refractivity contribution is 7.89. The molecule has 1 aromatic heterocycles. The molecule has 12 heteroatoms. The molecule has 1 amide bonds. The van der Waals surface area contributed by atoms with Crippen LogP contribution in [-0.2, 0) is 10.0 Å². The fourth-order valence-corrected chi connectivity index (χ4v) is 4.68. The molecule has 0 aliphatic carbocycles. The van der Waals surface area contributed by atoms with Crippen molar-refractivity contribution in [3.63, 3.8) is 0 Å². The number of hydrogen-bond acceptors (Lipinski definition) is 7. The van der Waals surface area contributed by atoms with Crippen LogP contribution in [0.2, 0.25) is 0 Å². The number of sulfonamides is 1. The van der Waals surface area contributed by atoms with E-state index < -0.39 is 21.9 Å². The Labute approximate surface area is 207 Å². The van der Waals surface area contributed by atoms with Gasteiger partial charge in [-0.25, -0.2) is 27.3 Å². The average molecular weight is 521 g/mol. The molecule has 0 bridgehead atoms. The van der Waals surface area contributed by atoms with Crippen molar-refractivity contribution in [3.8, 4) is 11.5 Å². The number of carbonyl (C=O) groups excluding carboxylic acids is 1. The standard InChI is InChI=1S/C24H26F2N4O5S/c1-34-20-12-15-11-18(23(31)28-16-5-3-6-17(13-16)36(27,32)33)22(29-19(15)14-21(20)35-2)30-9-4-7-24(25,26)8-10-30/h3,5-6,11-14H,4,7-10H2,1-2H3,(H,28,31)(H2,27,32,33). The van der Waals surface area contributed by atoms with E-state index in [4.69, 9.17) is 14.6 Å². The van der Waals surface area contributed by atoms with E-state index in [1.165, 1.54) is 38.5 Å². The van der Waals surface area contributed by atoms with Crippen LogP contribution >= 0.6 is 0 Å². The molecule has 0 saturated carbocycles. The minimum absolute atomic E-state index is 0.0139. The number of carbonyl (C=O) groups is 1. The predicted octanol–water partition coefficient (Wildman–Crippen LogP) is 3.78. The Morgan fingerprint density at radius 1 is 1.08 bits per heavy atom. The van der Waals surface area contributed by atoms with Crippen molar-refractivity contribution in [2.75, 3.05) is 37.5 Å². The molecule has 1 aliphatic heterocycles. The summed E-state index contributed by atoms with van der Waals surface area (Å²) in [7, 11) is -1.01. The van der Waals surface area contributed by atoms with E-state index >= 15 is 0 Å². The van der Waals surface area contributed by atoms with Crippen molar-refractivity contribution in [2.45, 2.75) is 30.1 Å². The summed E-state index contributed by atoms with van der Waals surface area (Å²) >= 11 is 0. The Morgan fingerprint density at radius 2 is 1.81 bits per heavy atom. The van der Waals surface area contributed by atoms with Gasteiger partial charge in [-0.3, -0.25) is 4.79 Å². The van der Waals surface area contributed by atoms with Crippen molar-refractivity contribution >= 4 is 38.3 Å². The molecule has 4 rings (SSSR count). The number of ether oxygens (including phenoxy) is 2. The Kier molecular flexibility index (Phi) is 7.01. The number of hydrogen-bond donors (Lipinski definition) is 2. The van der Waals surface area contributed by atoms with Gasteiger partial charge in [0.05, 0.1) is 30.2 Å². The molecule has 192 valence electrons. The third kappa shape index (κ3) is 5.49. The molecule has 2 heterocycles. The minimum Gasteiger partial charge on any atom is -0.493 e. The summed E-state index contributed by atoms with van der Waals surface area (Å²) < 4.78 is 62.2. The van der Waals surface area contributed by atoms with Gasteiger partial charge in [0.15, 0.2) is 11.5 Å². The number of nitrogens with one attached hydrogen (secondary N) is 1. The zero-order valence-corrected chi connectivity index (χ0v) is 20.6. The molecule has 3 aromatic rings. The van der Waals surface area contributed by atoms with E-state index in [1.54, 1.807) is 23.1 Å². The smallest absolute Gasteiger partial charge is 0.259 e. The van der Waals surface area contributed by atoms with Crippen molar-refractivity contribution in [3.05, 3.63) is 48.0 Å². The maximum absolute atomic E-state index is 14.1. The van der Waals surface area contributed by atoms with E-state index in [0.717, 1.165) is 0 Å². The van der Waals surface area contributed by atoms with Gasteiger partial charge in [-0.05, 0) is 36.8 Å². The number of aromatic nitrogens is 1. The molecule has 3 N–H and O–H groups in total. The van der Waals surface area contributed by atoms with E-state index in [1.807, 2.05) is 0 Å². The first-order valence-electron chi connectivity index (χ1n) is 11.1. The van der Waals surface area contributed by atoms with Crippen LogP contribution < -0.4 is 24.8 Å². The summed E-state index contributed by atoms with van der Waals surface area (Å²) in [5.41, 5.74) is 0.833. The van der Waals surface area contributed by atoms with Crippen molar-refractivity contribution < 1.29 is 31.5 Å². The largest absolute Gasteiger partial charge is 0.493 e. The van der Waals surface area contributed by atoms with Crippen LogP contribution in [0.1, 0.15) is 29.6 Å². The molecule has 0 radical (unpaired) electrons. The number of primary sulfonamides is 1. The van der Waals surface area contributed by atoms with Crippen LogP contribution in [0.15, 0.2) is 47.4 Å². The second-order valence-corrected chi connectivity index (χ2v) is 10.0. The van der Waals surface area contributed by atoms with Gasteiger partial charge in [0.25, 0.3) is 5.91 Å². The monoisotopic (exact) mass is 520 g/mol. The van der Waals surface area contributed by atoms with Crippen LogP contribution in [0.25, 0.3) is 10.9 Å². The molecule has 1 saturated heterocycles. The topological polar surface area (TPSA) is 124 Å². The molecule has 2 aromatic carbocycles. The van der Waals surface area contributed by atoms with E-state index in [0.29, 0.717) is 28.9 Å². The van der Waals surface area contributed by atoms with Crippen molar-refractivity contribution in [1.29, 1.82) is 0 Å². The first kappa shape index (κ1) is 25.6. The summed E-state index contributed by atoms with van der Waals surface area (Å²) in [5.74, 6) is -2.27. The van der Waals surface area contributed by atoms with Gasteiger partial charge in [-0.1, -0.05) is 6.07 Å². The first-order chi connectivity index (χ1) is 17.0. The fourth-order valence-electron chi connectivity index (χ4n) is 4.12. The van der Waals surface area contributed by atoms with Crippen LogP contribution in [0, 0.1) is 0 Å². The Balaban J connectivity index is 1.80. The predicted molar refractivity (Wildman–Crippen MR) is 132 cm³/mol. The highest BCUT2D eigenvalue weighted by Gasteiger charge is 2.33. The lowest BCUT2D eigenvalue weighted by Gasteiger charge is -2.25. The number of rotatable bonds is 6. The normalized spacial score (nSPS) is 15.9. The summed E-state index contributed by atoms with van der Waals surface area (Å²) in [6.45, 7) is 0.308. The lowest BCUT2D eigenvalue weighted by molar-refractivity contribution is -0.0102. The number of nitrogens with zero attached hydrogens (tertiary/aromatic N) is 2. The Bertz CT molecular complexity index is 1420. The molecule has 0 atom stereocenters. The van der Waals surface area contributed by atoms with Gasteiger partial charge in [0.1, 0.15) is 5.82 Å². The number of nitrogens with two attached hydrogens (primary N) is 1. The average Bonchev–Trinajstić information content (AvgIpc) is 3.02. The lowest BCUT2D eigenvalue weighted by Crippen LogP contribution is -2.29. The van der Waals surface area contributed by atoms with Gasteiger partial charge in [0.2, 0.25) is 15.9 Å². The minimum atomic E-state index is -3.98. The maximum atomic E-state index is 14.1. The number of fused-ring (bicyclic) bond motifs is 1. The number of alkyl halides is 2. The van der Waals surface area contributed by atoms with Gasteiger partial charge < -0.3 is 19.7 Å². The number of halogens is 2. The maximum Gasteiger partial charge on any atom is 0.259 e. The first-order valence-corrected chi connectivity index (χ1v) is 12.7. The molecule has 1 fully saturated rings. The number of pyridine rings is 1. The van der Waals surface area contributed by atoms with Gasteiger partial charge in [-0.15, -0.1) is 0 Å². The fraction of sp³-hybridized carbons (Fsp3) is 0.333. The zero-order valence-electron chi connectivity index (χ0n) is 19.8. The summed E-state index contributed by atoms with van der Waals surface area (Å²) in [5, 5.41) is 8.44. The molecule has 0 unspecified atom stereocenters. The molecular weight excluding hydrogens is 494 g/mol. The van der Waals surface area contributed by atoms with E-state index in [-0.39, 0.29) is 47.8 Å². The number of methoxy groups -OCH3 is 2. The third-order valence-corrected chi connectivity index (χ3v) is 6.89. The van der Waals surface area contributed by atoms with Gasteiger partial charge >= 0.3 is 0 Å². The Morgan fingerprint density at radius 3 is 2.50 bits per heavy atom. The van der Waals surface area contributed by atoms with Crippen LogP contribution in [0.5, 0.6) is 11.5 Å². The number of amides is 1. The highest BCUT2D eigenvalue weighted by atomic mass is 32.2. The van der Waals surface area contributed by atoms with Crippen LogP contribution in [0.4, 0.5) is 20.3 Å². The van der Waals surface area contributed by atoms with E-state index in [9.17, 15) is 22.0 Å². The lowest BCUT2D eigenvalue weighted by atomic mass is 10.1. The van der Waals surface area contributed by atoms with Gasteiger partial charge in [-0.2, -0.15) is 0 Å². The molecule has 1 aliphatic rings. The molecular formula is C24H26F2N4O5S. The summed E-state index contributed by atoms with van der Waals surface area (Å²) in [4.78, 5) is 19.6. The summed E-state index contributed by atoms with van der Waals surface area (Å²) in [6, 6.07) is 10.4. The zero-order chi connectivity index (χ0) is 26.1. The summed E-state index contributed by atoms with van der Waals surface area (Å²) in [6.07, 6.45) is -0.379. The van der Waals surface area contributed by atoms with Crippen LogP contribution in [-0.4, -0.2) is 52.5 Å². The van der Waals surface area contributed by atoms with Crippen LogP contribution in [0.3, 0.4) is 0 Å². The number of anilines is 2. The molecule has 9 nitrogen and oxygen atoms in total. The Hall–Kier alpha value is -3.51.